The molecule has 0 bridgehead atoms. The first kappa shape index (κ1) is 39.8. The van der Waals surface area contributed by atoms with Gasteiger partial charge in [-0.1, -0.05) is 105 Å². The zero-order chi connectivity index (χ0) is 32.2. The van der Waals surface area contributed by atoms with Crippen molar-refractivity contribution < 1.29 is 29.0 Å². The number of allylic oxidation sites excluding steroid dienone is 11. The van der Waals surface area contributed by atoms with E-state index >= 15 is 0 Å². The van der Waals surface area contributed by atoms with E-state index in [-0.39, 0.29) is 37.0 Å². The maximum Gasteiger partial charge on any atom is 0.309 e. The summed E-state index contributed by atoms with van der Waals surface area (Å²) in [5.41, 5.74) is -1.01. The number of nitrogens with one attached hydrogen (secondary N) is 2. The molecule has 0 aromatic carbocycles. The lowest BCUT2D eigenvalue weighted by Gasteiger charge is -2.28. The number of amides is 2. The summed E-state index contributed by atoms with van der Waals surface area (Å²) in [6.07, 6.45) is 29.3. The number of esters is 1. The summed E-state index contributed by atoms with van der Waals surface area (Å²) in [5, 5.41) is 15.6. The average Bonchev–Trinajstić information content (AvgIpc) is 2.97. The Kier molecular flexibility index (Phi) is 24.5. The van der Waals surface area contributed by atoms with Crippen LogP contribution in [0.3, 0.4) is 0 Å². The first-order valence-electron chi connectivity index (χ1n) is 15.0. The molecule has 0 aliphatic carbocycles. The molecule has 240 valence electrons. The highest BCUT2D eigenvalue weighted by atomic mass is 32.2. The molecule has 0 spiro atoms. The molecule has 0 unspecified atom stereocenters. The minimum atomic E-state index is -1.42. The Labute approximate surface area is 262 Å². The van der Waals surface area contributed by atoms with Crippen molar-refractivity contribution in [2.24, 2.45) is 5.41 Å². The number of carbonyl (C=O) groups is 4. The number of carbonyl (C=O) groups excluding carboxylic acids is 4. The molecule has 3 N–H and O–H groups in total. The van der Waals surface area contributed by atoms with E-state index in [2.05, 4.69) is 72.2 Å². The summed E-state index contributed by atoms with van der Waals surface area (Å²) in [6, 6.07) is 0. The van der Waals surface area contributed by atoms with E-state index in [1.54, 1.807) is 19.9 Å². The van der Waals surface area contributed by atoms with E-state index < -0.39 is 23.4 Å². The van der Waals surface area contributed by atoms with Gasteiger partial charge in [0.25, 0.3) is 0 Å². The predicted octanol–water partition coefficient (Wildman–Crippen LogP) is 5.91. The van der Waals surface area contributed by atoms with Crippen LogP contribution in [0.4, 0.5) is 0 Å². The molecule has 43 heavy (non-hydrogen) atoms. The summed E-state index contributed by atoms with van der Waals surface area (Å²) >= 11 is 1.12. The van der Waals surface area contributed by atoms with Crippen LogP contribution in [0, 0.1) is 5.41 Å². The fraction of sp³-hybridized carbons (Fsp3) is 0.529. The van der Waals surface area contributed by atoms with E-state index in [9.17, 15) is 24.3 Å². The molecule has 2 amide bonds. The normalized spacial score (nSPS) is 13.2. The zero-order valence-electron chi connectivity index (χ0n) is 26.4. The second-order valence-electron chi connectivity index (χ2n) is 10.4. The Balaban J connectivity index is 4.05. The monoisotopic (exact) mass is 616 g/mol. The SMILES string of the molecule is CC/C=C\C/C=C\C/C=C\C/C=C\C/C=C\C/C=C\CC(=O)OCC(C)(C)[C@@H](O)C(=O)NCCC(=O)NCCSC(C)=O. The van der Waals surface area contributed by atoms with E-state index in [4.69, 9.17) is 4.74 Å². The zero-order valence-corrected chi connectivity index (χ0v) is 27.2. The van der Waals surface area contributed by atoms with Crippen LogP contribution in [0.25, 0.3) is 0 Å². The summed E-state index contributed by atoms with van der Waals surface area (Å²) in [4.78, 5) is 47.0. The number of thioether (sulfide) groups is 1. The number of ether oxygens (including phenoxy) is 1. The lowest BCUT2D eigenvalue weighted by Crippen LogP contribution is -2.47. The first-order valence-corrected chi connectivity index (χ1v) is 16.0. The van der Waals surface area contributed by atoms with Gasteiger partial charge in [0, 0.05) is 37.6 Å². The number of aliphatic hydroxyl groups is 1. The van der Waals surface area contributed by atoms with Gasteiger partial charge in [-0.2, -0.15) is 0 Å². The largest absolute Gasteiger partial charge is 0.465 e. The highest BCUT2D eigenvalue weighted by molar-refractivity contribution is 8.13. The minimum Gasteiger partial charge on any atom is -0.465 e. The number of hydrogen-bond acceptors (Lipinski definition) is 7. The molecule has 0 aromatic heterocycles. The van der Waals surface area contributed by atoms with Crippen molar-refractivity contribution in [3.05, 3.63) is 72.9 Å². The van der Waals surface area contributed by atoms with Gasteiger partial charge in [0.1, 0.15) is 6.10 Å². The topological polar surface area (TPSA) is 122 Å². The Morgan fingerprint density at radius 1 is 0.767 bits per heavy atom. The van der Waals surface area contributed by atoms with Gasteiger partial charge in [0.05, 0.1) is 13.0 Å². The van der Waals surface area contributed by atoms with Gasteiger partial charge < -0.3 is 20.5 Å². The van der Waals surface area contributed by atoms with E-state index in [0.29, 0.717) is 18.7 Å². The molecule has 0 saturated carbocycles. The van der Waals surface area contributed by atoms with Crippen LogP contribution in [0.1, 0.15) is 79.1 Å². The van der Waals surface area contributed by atoms with E-state index in [0.717, 1.165) is 43.9 Å². The Bertz CT molecular complexity index is 995. The second-order valence-corrected chi connectivity index (χ2v) is 11.7. The van der Waals surface area contributed by atoms with Crippen molar-refractivity contribution >= 4 is 34.7 Å². The Morgan fingerprint density at radius 2 is 1.26 bits per heavy atom. The fourth-order valence-corrected chi connectivity index (χ4v) is 3.82. The highest BCUT2D eigenvalue weighted by Gasteiger charge is 2.34. The van der Waals surface area contributed by atoms with Crippen LogP contribution in [-0.4, -0.2) is 59.6 Å². The molecule has 9 heteroatoms. The molecule has 0 rings (SSSR count). The molecule has 0 aromatic rings. The number of rotatable bonds is 23. The van der Waals surface area contributed by atoms with Crippen molar-refractivity contribution in [2.75, 3.05) is 25.4 Å². The Hall–Kier alpha value is -3.17. The van der Waals surface area contributed by atoms with Gasteiger partial charge in [-0.15, -0.1) is 0 Å². The molecule has 0 saturated heterocycles. The molecular formula is C34H52N2O6S. The summed E-state index contributed by atoms with van der Waals surface area (Å²) < 4.78 is 5.27. The van der Waals surface area contributed by atoms with Crippen LogP contribution in [-0.2, 0) is 23.9 Å². The van der Waals surface area contributed by atoms with Gasteiger partial charge in [-0.25, -0.2) is 0 Å². The van der Waals surface area contributed by atoms with E-state index in [1.807, 2.05) is 12.2 Å². The fourth-order valence-electron chi connectivity index (χ4n) is 3.33. The molecule has 0 radical (unpaired) electrons. The second kappa shape index (κ2) is 26.5. The summed E-state index contributed by atoms with van der Waals surface area (Å²) in [5.74, 6) is -0.862. The molecule has 0 fully saturated rings. The third kappa shape index (κ3) is 25.1. The van der Waals surface area contributed by atoms with Gasteiger partial charge in [0.15, 0.2) is 5.12 Å². The van der Waals surface area contributed by atoms with Crippen molar-refractivity contribution in [1.29, 1.82) is 0 Å². The molecular weight excluding hydrogens is 564 g/mol. The average molecular weight is 617 g/mol. The summed E-state index contributed by atoms with van der Waals surface area (Å²) in [6.45, 7) is 7.13. The lowest BCUT2D eigenvalue weighted by atomic mass is 9.87. The van der Waals surface area contributed by atoms with Crippen LogP contribution < -0.4 is 10.6 Å². The first-order chi connectivity index (χ1) is 20.6. The van der Waals surface area contributed by atoms with Gasteiger partial charge in [-0.05, 0) is 38.5 Å². The van der Waals surface area contributed by atoms with Crippen molar-refractivity contribution in [1.82, 2.24) is 10.6 Å². The molecule has 0 aliphatic heterocycles. The molecule has 8 nitrogen and oxygen atoms in total. The maximum atomic E-state index is 12.3. The van der Waals surface area contributed by atoms with Crippen LogP contribution in [0.2, 0.25) is 0 Å². The van der Waals surface area contributed by atoms with Crippen LogP contribution in [0.5, 0.6) is 0 Å². The van der Waals surface area contributed by atoms with Crippen molar-refractivity contribution in [3.63, 3.8) is 0 Å². The Morgan fingerprint density at radius 3 is 1.74 bits per heavy atom. The number of hydrogen-bond donors (Lipinski definition) is 3. The number of aliphatic hydroxyl groups excluding tert-OH is 1. The van der Waals surface area contributed by atoms with Gasteiger partial charge in [0.2, 0.25) is 11.8 Å². The van der Waals surface area contributed by atoms with Crippen molar-refractivity contribution in [2.45, 2.75) is 85.2 Å². The third-order valence-electron chi connectivity index (χ3n) is 5.86. The van der Waals surface area contributed by atoms with Gasteiger partial charge in [-0.3, -0.25) is 19.2 Å². The quantitative estimate of drug-likeness (QED) is 0.0742. The lowest BCUT2D eigenvalue weighted by molar-refractivity contribution is -0.152. The van der Waals surface area contributed by atoms with E-state index in [1.165, 1.54) is 6.92 Å². The van der Waals surface area contributed by atoms with Crippen LogP contribution in [0.15, 0.2) is 72.9 Å². The third-order valence-corrected chi connectivity index (χ3v) is 6.67. The van der Waals surface area contributed by atoms with Crippen LogP contribution >= 0.6 is 11.8 Å². The molecule has 0 heterocycles. The smallest absolute Gasteiger partial charge is 0.309 e. The summed E-state index contributed by atoms with van der Waals surface area (Å²) in [7, 11) is 0. The maximum absolute atomic E-state index is 12.3. The standard InChI is InChI=1S/C34H52N2O6S/c1-5-6-7-8-9-10-11-12-13-14-15-16-17-18-19-20-21-22-23-31(39)42-28-34(3,4)32(40)33(41)36-25-24-30(38)35-26-27-43-29(2)37/h6-7,9-10,12-13,15-16,18-19,21-22,32,40H,5,8,11,14,17,20,23-28H2,1-4H3,(H,35,38)(H,36,41)/b7-6-,10-9-,13-12-,16-15-,19-18-,22-21-/t32-/m0/s1. The highest BCUT2D eigenvalue weighted by Crippen LogP contribution is 2.21. The minimum absolute atomic E-state index is 0.0162. The van der Waals surface area contributed by atoms with Crippen molar-refractivity contribution in [3.8, 4) is 0 Å². The molecule has 1 atom stereocenters. The molecule has 0 aliphatic rings. The predicted molar refractivity (Wildman–Crippen MR) is 177 cm³/mol. The van der Waals surface area contributed by atoms with Gasteiger partial charge >= 0.3 is 5.97 Å².